The Morgan fingerprint density at radius 3 is 2.44 bits per heavy atom. The van der Waals surface area contributed by atoms with Crippen LogP contribution in [-0.2, 0) is 9.59 Å². The summed E-state index contributed by atoms with van der Waals surface area (Å²) < 4.78 is 17.7. The molecule has 34 heavy (non-hydrogen) atoms. The third-order valence-electron chi connectivity index (χ3n) is 6.20. The lowest BCUT2D eigenvalue weighted by atomic mass is 9.73. The number of halogens is 1. The topological polar surface area (TPSA) is 73.9 Å². The number of ether oxygens (including phenoxy) is 3. The first kappa shape index (κ1) is 24.3. The van der Waals surface area contributed by atoms with E-state index in [0.29, 0.717) is 36.5 Å². The van der Waals surface area contributed by atoms with Crippen molar-refractivity contribution in [1.29, 1.82) is 0 Å². The van der Waals surface area contributed by atoms with E-state index in [4.69, 9.17) is 14.2 Å². The minimum absolute atomic E-state index is 0.0139. The highest BCUT2D eigenvalue weighted by atomic mass is 79.9. The maximum atomic E-state index is 13.4. The Morgan fingerprint density at radius 1 is 1.06 bits per heavy atom. The molecule has 2 unspecified atom stereocenters. The van der Waals surface area contributed by atoms with E-state index in [1.807, 2.05) is 57.2 Å². The summed E-state index contributed by atoms with van der Waals surface area (Å²) in [5.74, 6) is 1.68. The highest BCUT2D eigenvalue weighted by Crippen LogP contribution is 2.46. The van der Waals surface area contributed by atoms with Gasteiger partial charge in [0.15, 0.2) is 17.3 Å². The minimum Gasteiger partial charge on any atom is -0.493 e. The van der Waals surface area contributed by atoms with Crippen LogP contribution in [0.1, 0.15) is 63.0 Å². The first-order chi connectivity index (χ1) is 16.3. The molecule has 1 N–H and O–H groups in total. The number of Topliss-reactive ketones (excluding diaryl/α,β-unsaturated/α-hetero) is 1. The Bertz CT molecular complexity index is 1120. The molecular weight excluding hydrogens is 498 g/mol. The predicted molar refractivity (Wildman–Crippen MR) is 134 cm³/mol. The Morgan fingerprint density at radius 2 is 1.79 bits per heavy atom. The second-order valence-corrected chi connectivity index (χ2v) is 9.78. The van der Waals surface area contributed by atoms with Crippen LogP contribution in [0.25, 0.3) is 0 Å². The number of ketones is 1. The lowest BCUT2D eigenvalue weighted by Crippen LogP contribution is -2.38. The van der Waals surface area contributed by atoms with Gasteiger partial charge in [0.25, 0.3) is 0 Å². The zero-order chi connectivity index (χ0) is 24.4. The van der Waals surface area contributed by atoms with Crippen LogP contribution < -0.4 is 19.5 Å². The van der Waals surface area contributed by atoms with Gasteiger partial charge >= 0.3 is 0 Å². The summed E-state index contributed by atoms with van der Waals surface area (Å²) in [7, 11) is 1.58. The molecule has 0 radical (unpaired) electrons. The van der Waals surface area contributed by atoms with Gasteiger partial charge in [-0.05, 0) is 84.4 Å². The van der Waals surface area contributed by atoms with Crippen LogP contribution >= 0.6 is 15.9 Å². The summed E-state index contributed by atoms with van der Waals surface area (Å²) in [6.45, 7) is 6.38. The fraction of sp³-hybridized carbons (Fsp3) is 0.407. The fourth-order valence-corrected chi connectivity index (χ4v) is 5.37. The molecule has 0 fully saturated rings. The van der Waals surface area contributed by atoms with Gasteiger partial charge < -0.3 is 19.5 Å². The number of benzene rings is 2. The van der Waals surface area contributed by atoms with Gasteiger partial charge in [-0.25, -0.2) is 0 Å². The molecule has 2 aromatic carbocycles. The van der Waals surface area contributed by atoms with Crippen molar-refractivity contribution >= 4 is 27.6 Å². The molecule has 1 aliphatic carbocycles. The molecule has 0 bridgehead atoms. The molecule has 2 aromatic rings. The van der Waals surface area contributed by atoms with Crippen molar-refractivity contribution < 1.29 is 23.8 Å². The summed E-state index contributed by atoms with van der Waals surface area (Å²) in [5, 5.41) is 2.99. The smallest absolute Gasteiger partial charge is 0.225 e. The molecule has 0 spiro atoms. The molecule has 2 aliphatic rings. The lowest BCUT2D eigenvalue weighted by Gasteiger charge is -2.34. The van der Waals surface area contributed by atoms with Gasteiger partial charge in [-0.3, -0.25) is 9.59 Å². The van der Waals surface area contributed by atoms with Crippen LogP contribution in [0.2, 0.25) is 0 Å². The summed E-state index contributed by atoms with van der Waals surface area (Å²) >= 11 is 3.57. The summed E-state index contributed by atoms with van der Waals surface area (Å²) in [6, 6.07) is 11.7. The molecular formula is C27H30BrNO5. The number of carbonyl (C=O) groups excluding carboxylic acids is 2. The zero-order valence-corrected chi connectivity index (χ0v) is 21.5. The second-order valence-electron chi connectivity index (χ2n) is 8.93. The molecule has 180 valence electrons. The number of nitrogens with one attached hydrogen (secondary N) is 1. The van der Waals surface area contributed by atoms with E-state index in [2.05, 4.69) is 21.2 Å². The molecule has 1 aliphatic heterocycles. The van der Waals surface area contributed by atoms with Crippen molar-refractivity contribution in [2.45, 2.75) is 58.0 Å². The molecule has 4 rings (SSSR count). The summed E-state index contributed by atoms with van der Waals surface area (Å²) in [6.07, 6.45) is 1.35. The first-order valence-electron chi connectivity index (χ1n) is 11.6. The number of amides is 1. The molecule has 7 heteroatoms. The Labute approximate surface area is 208 Å². The van der Waals surface area contributed by atoms with Crippen molar-refractivity contribution in [3.8, 4) is 17.2 Å². The van der Waals surface area contributed by atoms with Gasteiger partial charge in [-0.15, -0.1) is 0 Å². The van der Waals surface area contributed by atoms with Gasteiger partial charge in [-0.1, -0.05) is 12.1 Å². The van der Waals surface area contributed by atoms with E-state index in [1.165, 1.54) is 0 Å². The predicted octanol–water partition coefficient (Wildman–Crippen LogP) is 5.65. The fourth-order valence-electron chi connectivity index (χ4n) is 4.80. The quantitative estimate of drug-likeness (QED) is 0.503. The van der Waals surface area contributed by atoms with Crippen LogP contribution in [0.3, 0.4) is 0 Å². The Kier molecular flexibility index (Phi) is 7.31. The Balaban J connectivity index is 1.66. The summed E-state index contributed by atoms with van der Waals surface area (Å²) in [4.78, 5) is 26.1. The number of carbonyl (C=O) groups is 2. The average molecular weight is 528 g/mol. The molecule has 0 saturated carbocycles. The highest BCUT2D eigenvalue weighted by molar-refractivity contribution is 9.10. The van der Waals surface area contributed by atoms with Crippen molar-refractivity contribution in [2.24, 2.45) is 0 Å². The largest absolute Gasteiger partial charge is 0.493 e. The van der Waals surface area contributed by atoms with E-state index in [-0.39, 0.29) is 36.1 Å². The first-order valence-corrected chi connectivity index (χ1v) is 12.4. The van der Waals surface area contributed by atoms with Crippen molar-refractivity contribution in [3.63, 3.8) is 0 Å². The van der Waals surface area contributed by atoms with Crippen LogP contribution in [0.5, 0.6) is 17.2 Å². The Hall–Kier alpha value is -2.80. The molecule has 0 saturated heterocycles. The van der Waals surface area contributed by atoms with Gasteiger partial charge in [-0.2, -0.15) is 0 Å². The standard InChI is InChI=1S/C27H30BrNO5/c1-5-33-27-21(28)10-18(13-24(27)32-4)20-14-25(31)29-22-11-17(12-23(30)26(20)22)16-6-8-19(9-7-16)34-15(2)3/h6-10,13,15,17,20H,5,11-12,14H2,1-4H3,(H,29,31). The third-order valence-corrected chi connectivity index (χ3v) is 6.79. The molecule has 1 heterocycles. The van der Waals surface area contributed by atoms with Gasteiger partial charge in [0.2, 0.25) is 5.91 Å². The summed E-state index contributed by atoms with van der Waals surface area (Å²) in [5.41, 5.74) is 3.36. The van der Waals surface area contributed by atoms with Crippen molar-refractivity contribution in [1.82, 2.24) is 5.32 Å². The average Bonchev–Trinajstić information content (AvgIpc) is 2.79. The number of rotatable bonds is 7. The number of allylic oxidation sites excluding steroid dienone is 2. The number of hydrogen-bond donors (Lipinski definition) is 1. The van der Waals surface area contributed by atoms with Crippen LogP contribution in [0.4, 0.5) is 0 Å². The molecule has 2 atom stereocenters. The van der Waals surface area contributed by atoms with Crippen molar-refractivity contribution in [2.75, 3.05) is 13.7 Å². The van der Waals surface area contributed by atoms with E-state index in [0.717, 1.165) is 27.0 Å². The number of methoxy groups -OCH3 is 1. The number of hydrogen-bond acceptors (Lipinski definition) is 5. The van der Waals surface area contributed by atoms with E-state index in [9.17, 15) is 9.59 Å². The van der Waals surface area contributed by atoms with Crippen LogP contribution in [0, 0.1) is 0 Å². The van der Waals surface area contributed by atoms with Crippen LogP contribution in [-0.4, -0.2) is 31.5 Å². The van der Waals surface area contributed by atoms with Crippen LogP contribution in [0.15, 0.2) is 52.1 Å². The van der Waals surface area contributed by atoms with Gasteiger partial charge in [0.05, 0.1) is 24.3 Å². The van der Waals surface area contributed by atoms with E-state index in [1.54, 1.807) is 7.11 Å². The maximum absolute atomic E-state index is 13.4. The normalized spacial score (nSPS) is 20.2. The minimum atomic E-state index is -0.320. The zero-order valence-electron chi connectivity index (χ0n) is 19.9. The van der Waals surface area contributed by atoms with E-state index < -0.39 is 0 Å². The monoisotopic (exact) mass is 527 g/mol. The molecule has 1 amide bonds. The van der Waals surface area contributed by atoms with Gasteiger partial charge in [0.1, 0.15) is 5.75 Å². The highest BCUT2D eigenvalue weighted by Gasteiger charge is 2.38. The van der Waals surface area contributed by atoms with Crippen molar-refractivity contribution in [3.05, 3.63) is 63.3 Å². The SMILES string of the molecule is CCOc1c(Br)cc(C2CC(=O)NC3=C2C(=O)CC(c2ccc(OC(C)C)cc2)C3)cc1OC. The molecule has 6 nitrogen and oxygen atoms in total. The van der Waals surface area contributed by atoms with Gasteiger partial charge in [0, 0.05) is 30.0 Å². The third kappa shape index (κ3) is 4.99. The van der Waals surface area contributed by atoms with E-state index >= 15 is 0 Å². The molecule has 0 aromatic heterocycles. The lowest BCUT2D eigenvalue weighted by molar-refractivity contribution is -0.122. The maximum Gasteiger partial charge on any atom is 0.225 e. The second kappa shape index (κ2) is 10.2.